The minimum atomic E-state index is -0.833. The fourth-order valence-electron chi connectivity index (χ4n) is 2.78. The van der Waals surface area contributed by atoms with E-state index < -0.39 is 12.1 Å². The molecule has 0 radical (unpaired) electrons. The molecular formula is C25H54O5. The minimum Gasteiger partial charge on any atom is -0.481 e. The molecule has 0 aromatic rings. The number of aliphatic hydroxyl groups excluding tert-OH is 2. The molecule has 0 aliphatic heterocycles. The molecule has 5 nitrogen and oxygen atoms in total. The summed E-state index contributed by atoms with van der Waals surface area (Å²) < 4.78 is 5.72. The standard InChI is InChI=1S/C20H42O.C3H8O2.C2H4O2/c1-3-5-7-9-11-13-15-17-19-21-20-18-16-14-12-10-8-6-4-2;1-3(5)2-4;1-2(3)4/h3-20H2,1-2H3;3-5H,2H2,1H3;1H3,(H,3,4). The molecule has 3 N–H and O–H groups in total. The number of carboxylic acid groups (broad SMARTS) is 1. The summed E-state index contributed by atoms with van der Waals surface area (Å²) in [6.45, 7) is 9.02. The molecule has 5 heteroatoms. The van der Waals surface area contributed by atoms with Crippen molar-refractivity contribution in [3.8, 4) is 0 Å². The van der Waals surface area contributed by atoms with Crippen molar-refractivity contribution in [3.63, 3.8) is 0 Å². The van der Waals surface area contributed by atoms with Gasteiger partial charge >= 0.3 is 0 Å². The molecule has 1 unspecified atom stereocenters. The second-order valence-corrected chi connectivity index (χ2v) is 8.11. The monoisotopic (exact) mass is 434 g/mol. The summed E-state index contributed by atoms with van der Waals surface area (Å²) in [4.78, 5) is 9.00. The van der Waals surface area contributed by atoms with Gasteiger partial charge in [-0.25, -0.2) is 0 Å². The summed E-state index contributed by atoms with van der Waals surface area (Å²) >= 11 is 0. The van der Waals surface area contributed by atoms with Gasteiger partial charge in [-0.3, -0.25) is 4.79 Å². The molecule has 0 bridgehead atoms. The number of hydrogen-bond donors (Lipinski definition) is 3. The molecule has 1 atom stereocenters. The van der Waals surface area contributed by atoms with Crippen molar-refractivity contribution in [1.82, 2.24) is 0 Å². The lowest BCUT2D eigenvalue weighted by molar-refractivity contribution is -0.134. The number of carboxylic acids is 1. The van der Waals surface area contributed by atoms with Crippen LogP contribution in [0.5, 0.6) is 0 Å². The maximum Gasteiger partial charge on any atom is 0.300 e. The van der Waals surface area contributed by atoms with E-state index in [4.69, 9.17) is 24.9 Å². The molecule has 0 saturated heterocycles. The topological polar surface area (TPSA) is 87.0 Å². The molecule has 0 aromatic carbocycles. The Morgan fingerprint density at radius 2 is 0.933 bits per heavy atom. The van der Waals surface area contributed by atoms with Crippen LogP contribution >= 0.6 is 0 Å². The van der Waals surface area contributed by atoms with Gasteiger partial charge < -0.3 is 20.1 Å². The molecule has 0 aliphatic rings. The Labute approximate surface area is 187 Å². The maximum absolute atomic E-state index is 9.00. The third kappa shape index (κ3) is 50.7. The molecule has 0 fully saturated rings. The van der Waals surface area contributed by atoms with Crippen LogP contribution in [0, 0.1) is 0 Å². The smallest absolute Gasteiger partial charge is 0.300 e. The van der Waals surface area contributed by atoms with Crippen LogP contribution in [0.3, 0.4) is 0 Å². The van der Waals surface area contributed by atoms with Gasteiger partial charge in [0.2, 0.25) is 0 Å². The quantitative estimate of drug-likeness (QED) is 0.196. The molecular weight excluding hydrogens is 380 g/mol. The van der Waals surface area contributed by atoms with Gasteiger partial charge in [-0.1, -0.05) is 104 Å². The van der Waals surface area contributed by atoms with E-state index in [1.807, 2.05) is 0 Å². The zero-order chi connectivity index (χ0) is 23.3. The first kappa shape index (κ1) is 34.0. The predicted octanol–water partition coefficient (Wildman–Crippen LogP) is 6.73. The highest BCUT2D eigenvalue weighted by molar-refractivity contribution is 5.62. The van der Waals surface area contributed by atoms with E-state index in [2.05, 4.69) is 13.8 Å². The maximum atomic E-state index is 9.00. The lowest BCUT2D eigenvalue weighted by atomic mass is 10.1. The Hall–Kier alpha value is -0.650. The zero-order valence-corrected chi connectivity index (χ0v) is 20.7. The Morgan fingerprint density at radius 3 is 1.17 bits per heavy atom. The molecule has 0 rings (SSSR count). The number of carbonyl (C=O) groups is 1. The van der Waals surface area contributed by atoms with Crippen molar-refractivity contribution < 1.29 is 24.9 Å². The first-order chi connectivity index (χ1) is 14.4. The lowest BCUT2D eigenvalue weighted by Gasteiger charge is -2.05. The number of rotatable bonds is 19. The number of ether oxygens (including phenoxy) is 1. The summed E-state index contributed by atoms with van der Waals surface area (Å²) in [6.07, 6.45) is 21.7. The van der Waals surface area contributed by atoms with Gasteiger partial charge in [-0.15, -0.1) is 0 Å². The van der Waals surface area contributed by atoms with Crippen LogP contribution in [0.15, 0.2) is 0 Å². The highest BCUT2D eigenvalue weighted by atomic mass is 16.5. The van der Waals surface area contributed by atoms with E-state index in [9.17, 15) is 0 Å². The first-order valence-electron chi connectivity index (χ1n) is 12.5. The fraction of sp³-hybridized carbons (Fsp3) is 0.960. The van der Waals surface area contributed by atoms with Crippen LogP contribution in [-0.2, 0) is 9.53 Å². The van der Waals surface area contributed by atoms with Crippen LogP contribution in [-0.4, -0.2) is 47.2 Å². The number of aliphatic carboxylic acids is 1. The SMILES string of the molecule is CC(=O)O.CC(O)CO.CCCCCCCCCCOCCCCCCCCCC. The van der Waals surface area contributed by atoms with Crippen molar-refractivity contribution >= 4 is 5.97 Å². The van der Waals surface area contributed by atoms with Crippen LogP contribution < -0.4 is 0 Å². The van der Waals surface area contributed by atoms with E-state index in [1.165, 1.54) is 110 Å². The first-order valence-corrected chi connectivity index (χ1v) is 12.5. The summed E-state index contributed by atoms with van der Waals surface area (Å²) in [6, 6.07) is 0. The minimum absolute atomic E-state index is 0.139. The molecule has 0 aliphatic carbocycles. The van der Waals surface area contributed by atoms with Crippen molar-refractivity contribution in [2.75, 3.05) is 19.8 Å². The van der Waals surface area contributed by atoms with Gasteiger partial charge in [0.15, 0.2) is 0 Å². The van der Waals surface area contributed by atoms with Crippen molar-refractivity contribution in [2.24, 2.45) is 0 Å². The summed E-state index contributed by atoms with van der Waals surface area (Å²) in [7, 11) is 0. The summed E-state index contributed by atoms with van der Waals surface area (Å²) in [5.74, 6) is -0.833. The zero-order valence-electron chi connectivity index (χ0n) is 20.7. The predicted molar refractivity (Wildman–Crippen MR) is 128 cm³/mol. The van der Waals surface area contributed by atoms with E-state index in [-0.39, 0.29) is 6.61 Å². The molecule has 0 heterocycles. The average molecular weight is 435 g/mol. The van der Waals surface area contributed by atoms with Crippen LogP contribution in [0.4, 0.5) is 0 Å². The Morgan fingerprint density at radius 1 is 0.700 bits per heavy atom. The summed E-state index contributed by atoms with van der Waals surface area (Å²) in [5, 5.41) is 23.4. The second-order valence-electron chi connectivity index (χ2n) is 8.11. The molecule has 184 valence electrons. The van der Waals surface area contributed by atoms with Crippen LogP contribution in [0.2, 0.25) is 0 Å². The van der Waals surface area contributed by atoms with Crippen LogP contribution in [0.1, 0.15) is 130 Å². The fourth-order valence-corrected chi connectivity index (χ4v) is 2.78. The third-order valence-electron chi connectivity index (χ3n) is 4.55. The second kappa shape index (κ2) is 33.0. The molecule has 0 amide bonds. The highest BCUT2D eigenvalue weighted by Crippen LogP contribution is 2.10. The van der Waals surface area contributed by atoms with E-state index in [0.29, 0.717) is 0 Å². The lowest BCUT2D eigenvalue weighted by Crippen LogP contribution is -2.03. The third-order valence-corrected chi connectivity index (χ3v) is 4.55. The van der Waals surface area contributed by atoms with Crippen LogP contribution in [0.25, 0.3) is 0 Å². The van der Waals surface area contributed by atoms with Gasteiger partial charge in [0.05, 0.1) is 12.7 Å². The van der Waals surface area contributed by atoms with Gasteiger partial charge in [-0.2, -0.15) is 0 Å². The van der Waals surface area contributed by atoms with E-state index in [0.717, 1.165) is 20.1 Å². The number of unbranched alkanes of at least 4 members (excludes halogenated alkanes) is 14. The van der Waals surface area contributed by atoms with Crippen molar-refractivity contribution in [3.05, 3.63) is 0 Å². The van der Waals surface area contributed by atoms with E-state index >= 15 is 0 Å². The molecule has 30 heavy (non-hydrogen) atoms. The Balaban J connectivity index is -0.000000674. The van der Waals surface area contributed by atoms with Gasteiger partial charge in [0.1, 0.15) is 0 Å². The van der Waals surface area contributed by atoms with Gasteiger partial charge in [0.25, 0.3) is 5.97 Å². The molecule has 0 saturated carbocycles. The normalized spacial score (nSPS) is 11.1. The van der Waals surface area contributed by atoms with Crippen molar-refractivity contribution in [1.29, 1.82) is 0 Å². The van der Waals surface area contributed by atoms with Crippen molar-refractivity contribution in [2.45, 2.75) is 137 Å². The molecule has 0 aromatic heterocycles. The highest BCUT2D eigenvalue weighted by Gasteiger charge is 1.94. The molecule has 0 spiro atoms. The Bertz CT molecular complexity index is 273. The van der Waals surface area contributed by atoms with E-state index in [1.54, 1.807) is 0 Å². The number of hydrogen-bond acceptors (Lipinski definition) is 4. The average Bonchev–Trinajstić information content (AvgIpc) is 2.70. The van der Waals surface area contributed by atoms with Gasteiger partial charge in [-0.05, 0) is 19.8 Å². The largest absolute Gasteiger partial charge is 0.481 e. The summed E-state index contributed by atoms with van der Waals surface area (Å²) in [5.41, 5.74) is 0. The number of aliphatic hydroxyl groups is 2. The Kier molecular flexibility index (Phi) is 37.4. The van der Waals surface area contributed by atoms with Gasteiger partial charge in [0, 0.05) is 20.1 Å².